The lowest BCUT2D eigenvalue weighted by molar-refractivity contribution is -0.141. The molecule has 7 heteroatoms. The zero-order valence-electron chi connectivity index (χ0n) is 10.3. The molecule has 1 aliphatic heterocycles. The van der Waals surface area contributed by atoms with Crippen LogP contribution in [0.5, 0.6) is 0 Å². The van der Waals surface area contributed by atoms with Gasteiger partial charge in [-0.1, -0.05) is 0 Å². The van der Waals surface area contributed by atoms with Gasteiger partial charge in [0.1, 0.15) is 11.6 Å². The highest BCUT2D eigenvalue weighted by Crippen LogP contribution is 2.20. The van der Waals surface area contributed by atoms with Gasteiger partial charge in [-0.3, -0.25) is 9.59 Å². The Morgan fingerprint density at radius 3 is 2.68 bits per heavy atom. The molecule has 1 saturated heterocycles. The molecule has 19 heavy (non-hydrogen) atoms. The third kappa shape index (κ3) is 2.50. The second kappa shape index (κ2) is 4.85. The minimum absolute atomic E-state index is 0.0230. The number of nitrogens with one attached hydrogen (secondary N) is 1. The molecule has 0 aromatic carbocycles. The maximum absolute atomic E-state index is 12.2. The predicted molar refractivity (Wildman–Crippen MR) is 64.9 cm³/mol. The van der Waals surface area contributed by atoms with Crippen molar-refractivity contribution in [2.24, 2.45) is 0 Å². The maximum atomic E-state index is 12.2. The second-order valence-corrected chi connectivity index (χ2v) is 4.59. The minimum atomic E-state index is -1.19. The summed E-state index contributed by atoms with van der Waals surface area (Å²) in [5, 5.41) is 18.5. The van der Waals surface area contributed by atoms with Crippen molar-refractivity contribution in [3.63, 3.8) is 0 Å². The number of nitrogens with zero attached hydrogens (tertiary/aromatic N) is 1. The van der Waals surface area contributed by atoms with Crippen LogP contribution in [0.25, 0.3) is 0 Å². The number of aliphatic hydroxyl groups is 1. The number of aliphatic hydroxyl groups excluding tert-OH is 1. The van der Waals surface area contributed by atoms with Crippen molar-refractivity contribution in [3.8, 4) is 0 Å². The van der Waals surface area contributed by atoms with Crippen LogP contribution >= 0.6 is 0 Å². The fourth-order valence-corrected chi connectivity index (χ4v) is 2.17. The minimum Gasteiger partial charge on any atom is -0.480 e. The van der Waals surface area contributed by atoms with E-state index in [1.54, 1.807) is 13.0 Å². The maximum Gasteiger partial charge on any atom is 0.326 e. The summed E-state index contributed by atoms with van der Waals surface area (Å²) in [4.78, 5) is 38.4. The highest BCUT2D eigenvalue weighted by atomic mass is 16.4. The van der Waals surface area contributed by atoms with Crippen LogP contribution in [0.4, 0.5) is 0 Å². The molecule has 1 aromatic rings. The monoisotopic (exact) mass is 266 g/mol. The molecule has 0 spiro atoms. The van der Waals surface area contributed by atoms with Gasteiger partial charge in [-0.15, -0.1) is 0 Å². The van der Waals surface area contributed by atoms with E-state index in [0.717, 1.165) is 4.90 Å². The zero-order valence-corrected chi connectivity index (χ0v) is 10.3. The van der Waals surface area contributed by atoms with Gasteiger partial charge in [0.05, 0.1) is 6.10 Å². The van der Waals surface area contributed by atoms with Crippen LogP contribution in [0.1, 0.15) is 22.5 Å². The van der Waals surface area contributed by atoms with Crippen molar-refractivity contribution in [1.82, 2.24) is 9.88 Å². The molecular formula is C12H14N2O5. The van der Waals surface area contributed by atoms with Gasteiger partial charge in [0.2, 0.25) is 0 Å². The van der Waals surface area contributed by atoms with Gasteiger partial charge in [-0.05, 0) is 19.1 Å². The number of H-pyrrole nitrogens is 1. The van der Waals surface area contributed by atoms with Crippen molar-refractivity contribution in [1.29, 1.82) is 0 Å². The first-order valence-electron chi connectivity index (χ1n) is 5.82. The van der Waals surface area contributed by atoms with E-state index in [1.807, 2.05) is 0 Å². The number of hydrogen-bond donors (Lipinski definition) is 3. The number of pyridine rings is 1. The summed E-state index contributed by atoms with van der Waals surface area (Å²) in [6.45, 7) is 1.60. The summed E-state index contributed by atoms with van der Waals surface area (Å²) < 4.78 is 0. The summed E-state index contributed by atoms with van der Waals surface area (Å²) in [6, 6.07) is 1.83. The summed E-state index contributed by atoms with van der Waals surface area (Å²) in [5.41, 5.74) is -0.0701. The fourth-order valence-electron chi connectivity index (χ4n) is 2.17. The van der Waals surface area contributed by atoms with Crippen LogP contribution in [0, 0.1) is 6.92 Å². The number of aryl methyl sites for hydroxylation is 1. The van der Waals surface area contributed by atoms with Crippen LogP contribution in [-0.4, -0.2) is 50.7 Å². The van der Waals surface area contributed by atoms with Crippen molar-refractivity contribution in [2.75, 3.05) is 6.54 Å². The summed E-state index contributed by atoms with van der Waals surface area (Å²) >= 11 is 0. The molecule has 1 aromatic heterocycles. The summed E-state index contributed by atoms with van der Waals surface area (Å²) in [5.74, 6) is -1.86. The molecule has 0 saturated carbocycles. The number of carbonyl (C=O) groups is 2. The van der Waals surface area contributed by atoms with Crippen LogP contribution in [0.15, 0.2) is 16.9 Å². The van der Waals surface area contributed by atoms with E-state index in [2.05, 4.69) is 4.98 Å². The van der Waals surface area contributed by atoms with E-state index in [1.165, 1.54) is 6.07 Å². The Kier molecular flexibility index (Phi) is 3.39. The number of aliphatic carboxylic acids is 1. The third-order valence-electron chi connectivity index (χ3n) is 3.11. The molecule has 102 valence electrons. The fraction of sp³-hybridized carbons (Fsp3) is 0.417. The molecule has 7 nitrogen and oxygen atoms in total. The molecule has 1 amide bonds. The Balaban J connectivity index is 2.33. The lowest BCUT2D eigenvalue weighted by atomic mass is 10.2. The Morgan fingerprint density at radius 1 is 1.42 bits per heavy atom. The van der Waals surface area contributed by atoms with Gasteiger partial charge in [0.25, 0.3) is 11.5 Å². The molecule has 0 aliphatic carbocycles. The Morgan fingerprint density at radius 2 is 2.11 bits per heavy atom. The van der Waals surface area contributed by atoms with Crippen LogP contribution in [-0.2, 0) is 4.79 Å². The van der Waals surface area contributed by atoms with Gasteiger partial charge in [-0.25, -0.2) is 4.79 Å². The number of aromatic nitrogens is 1. The largest absolute Gasteiger partial charge is 0.480 e. The molecule has 3 N–H and O–H groups in total. The molecule has 2 atom stereocenters. The van der Waals surface area contributed by atoms with Crippen molar-refractivity contribution in [3.05, 3.63) is 33.7 Å². The third-order valence-corrected chi connectivity index (χ3v) is 3.11. The molecule has 1 aliphatic rings. The van der Waals surface area contributed by atoms with E-state index >= 15 is 0 Å². The topological polar surface area (TPSA) is 111 Å². The van der Waals surface area contributed by atoms with E-state index in [4.69, 9.17) is 5.11 Å². The lowest BCUT2D eigenvalue weighted by Gasteiger charge is -2.20. The van der Waals surface area contributed by atoms with Gasteiger partial charge in [0, 0.05) is 18.7 Å². The first-order valence-corrected chi connectivity index (χ1v) is 5.82. The SMILES string of the molecule is Cc1ccc(C(=O)N2C[C@H](O)C[C@H]2C(=O)O)c(=O)[nH]1. The van der Waals surface area contributed by atoms with Gasteiger partial charge in [-0.2, -0.15) is 0 Å². The number of β-amino-alcohol motifs (C(OH)–C–C–N with tert-alkyl or cyclic N) is 1. The number of amides is 1. The van der Waals surface area contributed by atoms with Crippen LogP contribution in [0.2, 0.25) is 0 Å². The molecule has 0 bridgehead atoms. The molecule has 2 rings (SSSR count). The Bertz CT molecular complexity index is 580. The van der Waals surface area contributed by atoms with Crippen molar-refractivity contribution in [2.45, 2.75) is 25.5 Å². The average molecular weight is 266 g/mol. The summed E-state index contributed by atoms with van der Waals surface area (Å²) in [7, 11) is 0. The highest BCUT2D eigenvalue weighted by Gasteiger charge is 2.39. The number of aromatic amines is 1. The van der Waals surface area contributed by atoms with Crippen LogP contribution < -0.4 is 5.56 Å². The van der Waals surface area contributed by atoms with E-state index < -0.39 is 29.6 Å². The normalized spacial score (nSPS) is 22.5. The molecule has 0 radical (unpaired) electrons. The van der Waals surface area contributed by atoms with Crippen LogP contribution in [0.3, 0.4) is 0 Å². The highest BCUT2D eigenvalue weighted by molar-refractivity contribution is 5.96. The van der Waals surface area contributed by atoms with Gasteiger partial charge < -0.3 is 20.1 Å². The van der Waals surface area contributed by atoms with Crippen molar-refractivity contribution < 1.29 is 19.8 Å². The quantitative estimate of drug-likeness (QED) is 0.658. The van der Waals surface area contributed by atoms with Gasteiger partial charge >= 0.3 is 5.97 Å². The number of carbonyl (C=O) groups excluding carboxylic acids is 1. The standard InChI is InChI=1S/C12H14N2O5/c1-6-2-3-8(10(16)13-6)11(17)14-5-7(15)4-9(14)12(18)19/h2-3,7,9,15H,4-5H2,1H3,(H,13,16)(H,18,19)/t7-,9+/m1/s1. The number of carboxylic acid groups (broad SMARTS) is 1. The Labute approximate surface area is 108 Å². The summed E-state index contributed by atoms with van der Waals surface area (Å²) in [6.07, 6.45) is -0.903. The van der Waals surface area contributed by atoms with Gasteiger partial charge in [0.15, 0.2) is 0 Å². The van der Waals surface area contributed by atoms with E-state index in [9.17, 15) is 19.5 Å². The lowest BCUT2D eigenvalue weighted by Crippen LogP contribution is -2.42. The first kappa shape index (κ1) is 13.3. The zero-order chi connectivity index (χ0) is 14.2. The predicted octanol–water partition coefficient (Wildman–Crippen LogP) is -0.657. The van der Waals surface area contributed by atoms with Crippen molar-refractivity contribution >= 4 is 11.9 Å². The number of hydrogen-bond acceptors (Lipinski definition) is 4. The Hall–Kier alpha value is -2.15. The molecule has 2 heterocycles. The number of rotatable bonds is 2. The molecule has 1 fully saturated rings. The average Bonchev–Trinajstić information content (AvgIpc) is 2.70. The molecular weight excluding hydrogens is 252 g/mol. The smallest absolute Gasteiger partial charge is 0.326 e. The molecule has 0 unspecified atom stereocenters. The first-order chi connectivity index (χ1) is 8.90. The number of carboxylic acids is 1. The second-order valence-electron chi connectivity index (χ2n) is 4.59. The van der Waals surface area contributed by atoms with E-state index in [0.29, 0.717) is 5.69 Å². The number of likely N-dealkylation sites (tertiary alicyclic amines) is 1. The van der Waals surface area contributed by atoms with E-state index in [-0.39, 0.29) is 18.5 Å².